The van der Waals surface area contributed by atoms with Crippen LogP contribution < -0.4 is 10.6 Å². The SMILES string of the molecule is CCSC1(CNC(=NC)NCC2(C)CCCS2)CCOCC1. The number of aliphatic imine (C=N–C) groups is 1. The molecule has 22 heavy (non-hydrogen) atoms. The molecular formula is C16H31N3OS2. The molecule has 2 rings (SSSR count). The first-order chi connectivity index (χ1) is 10.6. The van der Waals surface area contributed by atoms with E-state index >= 15 is 0 Å². The molecule has 0 spiro atoms. The molecule has 0 bridgehead atoms. The highest BCUT2D eigenvalue weighted by molar-refractivity contribution is 8.01. The van der Waals surface area contributed by atoms with Gasteiger partial charge in [0.15, 0.2) is 5.96 Å². The molecule has 0 aromatic carbocycles. The zero-order valence-corrected chi connectivity index (χ0v) is 15.9. The zero-order valence-electron chi connectivity index (χ0n) is 14.2. The van der Waals surface area contributed by atoms with E-state index in [4.69, 9.17) is 4.74 Å². The fourth-order valence-corrected chi connectivity index (χ4v) is 5.62. The van der Waals surface area contributed by atoms with Crippen molar-refractivity contribution in [2.24, 2.45) is 4.99 Å². The van der Waals surface area contributed by atoms with Gasteiger partial charge in [0, 0.05) is 42.8 Å². The van der Waals surface area contributed by atoms with Crippen LogP contribution in [-0.2, 0) is 4.74 Å². The average molecular weight is 346 g/mol. The lowest BCUT2D eigenvalue weighted by molar-refractivity contribution is 0.0782. The van der Waals surface area contributed by atoms with Gasteiger partial charge in [0.25, 0.3) is 0 Å². The molecule has 2 N–H and O–H groups in total. The molecule has 4 nitrogen and oxygen atoms in total. The predicted molar refractivity (Wildman–Crippen MR) is 100 cm³/mol. The Kier molecular flexibility index (Phi) is 7.22. The van der Waals surface area contributed by atoms with E-state index in [1.165, 1.54) is 18.6 Å². The molecule has 2 aliphatic rings. The molecule has 2 heterocycles. The normalized spacial score (nSPS) is 28.6. The molecule has 0 radical (unpaired) electrons. The number of guanidine groups is 1. The van der Waals surface area contributed by atoms with Gasteiger partial charge in [0.1, 0.15) is 0 Å². The Morgan fingerprint density at radius 3 is 2.55 bits per heavy atom. The maximum atomic E-state index is 5.54. The molecule has 0 aromatic rings. The van der Waals surface area contributed by atoms with Crippen LogP contribution in [0.1, 0.15) is 39.5 Å². The number of nitrogens with zero attached hydrogens (tertiary/aromatic N) is 1. The van der Waals surface area contributed by atoms with E-state index in [1.807, 2.05) is 7.05 Å². The Hall–Kier alpha value is -0.0700. The van der Waals surface area contributed by atoms with Crippen molar-refractivity contribution in [1.29, 1.82) is 0 Å². The van der Waals surface area contributed by atoms with Gasteiger partial charge in [-0.05, 0) is 44.1 Å². The summed E-state index contributed by atoms with van der Waals surface area (Å²) in [6.07, 6.45) is 4.89. The second kappa shape index (κ2) is 8.69. The van der Waals surface area contributed by atoms with E-state index in [-0.39, 0.29) is 0 Å². The van der Waals surface area contributed by atoms with Crippen molar-refractivity contribution in [1.82, 2.24) is 10.6 Å². The van der Waals surface area contributed by atoms with E-state index in [9.17, 15) is 0 Å². The van der Waals surface area contributed by atoms with Crippen LogP contribution in [0.2, 0.25) is 0 Å². The number of nitrogens with one attached hydrogen (secondary N) is 2. The molecule has 0 amide bonds. The Bertz CT molecular complexity index is 359. The third kappa shape index (κ3) is 5.24. The lowest BCUT2D eigenvalue weighted by Crippen LogP contribution is -2.50. The van der Waals surface area contributed by atoms with Gasteiger partial charge in [-0.2, -0.15) is 23.5 Å². The van der Waals surface area contributed by atoms with Gasteiger partial charge in [-0.3, -0.25) is 4.99 Å². The third-order valence-electron chi connectivity index (χ3n) is 4.59. The van der Waals surface area contributed by atoms with Crippen LogP contribution in [0.25, 0.3) is 0 Å². The molecule has 2 fully saturated rings. The number of hydrogen-bond donors (Lipinski definition) is 2. The molecule has 0 aliphatic carbocycles. The minimum atomic E-state index is 0.302. The molecule has 6 heteroatoms. The summed E-state index contributed by atoms with van der Waals surface area (Å²) in [6.45, 7) is 8.34. The van der Waals surface area contributed by atoms with Crippen molar-refractivity contribution in [3.8, 4) is 0 Å². The van der Waals surface area contributed by atoms with Gasteiger partial charge in [-0.1, -0.05) is 6.92 Å². The molecule has 2 saturated heterocycles. The van der Waals surface area contributed by atoms with Crippen LogP contribution in [0.4, 0.5) is 0 Å². The summed E-state index contributed by atoms with van der Waals surface area (Å²) >= 11 is 4.15. The molecule has 1 unspecified atom stereocenters. The molecule has 0 aromatic heterocycles. The highest BCUT2D eigenvalue weighted by Gasteiger charge is 2.33. The Morgan fingerprint density at radius 1 is 1.23 bits per heavy atom. The highest BCUT2D eigenvalue weighted by Crippen LogP contribution is 2.37. The van der Waals surface area contributed by atoms with E-state index in [1.54, 1.807) is 0 Å². The van der Waals surface area contributed by atoms with Crippen molar-refractivity contribution in [2.75, 3.05) is 44.9 Å². The fraction of sp³-hybridized carbons (Fsp3) is 0.938. The van der Waals surface area contributed by atoms with E-state index in [0.717, 1.165) is 50.9 Å². The predicted octanol–water partition coefficient (Wildman–Crippen LogP) is 2.74. The summed E-state index contributed by atoms with van der Waals surface area (Å²) in [5, 5.41) is 7.09. The largest absolute Gasteiger partial charge is 0.381 e. The first kappa shape index (κ1) is 18.3. The smallest absolute Gasteiger partial charge is 0.191 e. The van der Waals surface area contributed by atoms with Crippen LogP contribution in [-0.4, -0.2) is 60.3 Å². The minimum Gasteiger partial charge on any atom is -0.381 e. The van der Waals surface area contributed by atoms with Crippen LogP contribution in [0.15, 0.2) is 4.99 Å². The maximum absolute atomic E-state index is 5.54. The second-order valence-electron chi connectivity index (χ2n) is 6.41. The van der Waals surface area contributed by atoms with Gasteiger partial charge in [0.2, 0.25) is 0 Å². The molecule has 0 saturated carbocycles. The summed E-state index contributed by atoms with van der Waals surface area (Å²) in [5.41, 5.74) is 0. The first-order valence-electron chi connectivity index (χ1n) is 8.42. The average Bonchev–Trinajstić information content (AvgIpc) is 2.96. The van der Waals surface area contributed by atoms with E-state index < -0.39 is 0 Å². The van der Waals surface area contributed by atoms with Crippen molar-refractivity contribution < 1.29 is 4.74 Å². The monoisotopic (exact) mass is 345 g/mol. The second-order valence-corrected chi connectivity index (χ2v) is 9.82. The molecular weight excluding hydrogens is 314 g/mol. The van der Waals surface area contributed by atoms with E-state index in [0.29, 0.717) is 9.49 Å². The van der Waals surface area contributed by atoms with Crippen molar-refractivity contribution >= 4 is 29.5 Å². The summed E-state index contributed by atoms with van der Waals surface area (Å²) in [6, 6.07) is 0. The molecule has 128 valence electrons. The number of ether oxygens (including phenoxy) is 1. The Balaban J connectivity index is 1.81. The van der Waals surface area contributed by atoms with Crippen LogP contribution in [0, 0.1) is 0 Å². The highest BCUT2D eigenvalue weighted by atomic mass is 32.2. The Labute approximate surface area is 144 Å². The van der Waals surface area contributed by atoms with Gasteiger partial charge in [0.05, 0.1) is 0 Å². The summed E-state index contributed by atoms with van der Waals surface area (Å²) in [5.74, 6) is 3.39. The third-order valence-corrected chi connectivity index (χ3v) is 7.58. The quantitative estimate of drug-likeness (QED) is 0.572. The topological polar surface area (TPSA) is 45.7 Å². The molecule has 2 aliphatic heterocycles. The Morgan fingerprint density at radius 2 is 1.95 bits per heavy atom. The molecule has 1 atom stereocenters. The first-order valence-corrected chi connectivity index (χ1v) is 10.4. The van der Waals surface area contributed by atoms with Crippen molar-refractivity contribution in [3.63, 3.8) is 0 Å². The van der Waals surface area contributed by atoms with Crippen LogP contribution >= 0.6 is 23.5 Å². The zero-order chi connectivity index (χ0) is 15.9. The lowest BCUT2D eigenvalue weighted by atomic mass is 9.99. The van der Waals surface area contributed by atoms with Gasteiger partial charge in [-0.15, -0.1) is 0 Å². The van der Waals surface area contributed by atoms with Crippen molar-refractivity contribution in [2.45, 2.75) is 49.0 Å². The maximum Gasteiger partial charge on any atom is 0.191 e. The summed E-state index contributed by atoms with van der Waals surface area (Å²) in [4.78, 5) is 4.40. The van der Waals surface area contributed by atoms with Gasteiger partial charge in [-0.25, -0.2) is 0 Å². The van der Waals surface area contributed by atoms with Crippen LogP contribution in [0.3, 0.4) is 0 Å². The minimum absolute atomic E-state index is 0.302. The van der Waals surface area contributed by atoms with Crippen LogP contribution in [0.5, 0.6) is 0 Å². The summed E-state index contributed by atoms with van der Waals surface area (Å²) in [7, 11) is 1.86. The number of thioether (sulfide) groups is 2. The van der Waals surface area contributed by atoms with Gasteiger partial charge >= 0.3 is 0 Å². The fourth-order valence-electron chi connectivity index (χ4n) is 3.13. The van der Waals surface area contributed by atoms with Gasteiger partial charge < -0.3 is 15.4 Å². The lowest BCUT2D eigenvalue weighted by Gasteiger charge is -2.37. The standard InChI is InChI=1S/C16H31N3OS2/c1-4-21-16(7-9-20-10-8-16)13-19-14(17-3)18-12-15(2)6-5-11-22-15/h4-13H2,1-3H3,(H2,17,18,19). The van der Waals surface area contributed by atoms with E-state index in [2.05, 4.69) is 53.0 Å². The summed E-state index contributed by atoms with van der Waals surface area (Å²) < 4.78 is 6.21. The number of hydrogen-bond acceptors (Lipinski definition) is 4. The van der Waals surface area contributed by atoms with Crippen molar-refractivity contribution in [3.05, 3.63) is 0 Å². The number of rotatable bonds is 6.